The van der Waals surface area contributed by atoms with E-state index < -0.39 is 10.8 Å². The summed E-state index contributed by atoms with van der Waals surface area (Å²) in [5.74, 6) is -0.640. The molecule has 0 aromatic heterocycles. The molecule has 1 N–H and O–H groups in total. The van der Waals surface area contributed by atoms with Crippen molar-refractivity contribution in [3.8, 4) is 0 Å². The molecule has 0 atom stereocenters. The lowest BCUT2D eigenvalue weighted by Crippen LogP contribution is -2.12. The van der Waals surface area contributed by atoms with E-state index in [-0.39, 0.29) is 11.5 Å². The van der Waals surface area contributed by atoms with Crippen LogP contribution in [0.25, 0.3) is 6.08 Å². The summed E-state index contributed by atoms with van der Waals surface area (Å²) in [6, 6.07) is 21.5. The van der Waals surface area contributed by atoms with Crippen LogP contribution in [-0.2, 0) is 4.79 Å². The first-order valence-electron chi connectivity index (χ1n) is 8.47. The number of anilines is 1. The molecule has 28 heavy (non-hydrogen) atoms. The molecule has 6 heteroatoms. The van der Waals surface area contributed by atoms with E-state index >= 15 is 0 Å². The fraction of sp³-hybridized carbons (Fsp3) is 0. The predicted octanol–water partition coefficient (Wildman–Crippen LogP) is 4.48. The lowest BCUT2D eigenvalue weighted by molar-refractivity contribution is -0.384. The van der Waals surface area contributed by atoms with E-state index in [4.69, 9.17) is 0 Å². The van der Waals surface area contributed by atoms with Crippen LogP contribution >= 0.6 is 0 Å². The van der Waals surface area contributed by atoms with Crippen molar-refractivity contribution in [2.75, 3.05) is 5.32 Å². The summed E-state index contributed by atoms with van der Waals surface area (Å²) in [5, 5.41) is 13.5. The third-order valence-corrected chi connectivity index (χ3v) is 3.97. The molecule has 3 aromatic rings. The minimum Gasteiger partial charge on any atom is -0.322 e. The Morgan fingerprint density at radius 1 is 0.893 bits per heavy atom. The Labute approximate surface area is 161 Å². The zero-order valence-electron chi connectivity index (χ0n) is 14.7. The molecule has 0 saturated heterocycles. The Bertz CT molecular complexity index is 1060. The number of nitrogens with zero attached hydrogens (tertiary/aromatic N) is 1. The van der Waals surface area contributed by atoms with Crippen molar-refractivity contribution in [2.24, 2.45) is 0 Å². The van der Waals surface area contributed by atoms with Crippen LogP contribution in [-0.4, -0.2) is 16.6 Å². The molecule has 0 radical (unpaired) electrons. The highest BCUT2D eigenvalue weighted by Crippen LogP contribution is 2.20. The SMILES string of the molecule is O=C(/C=C/c1cccc([N+](=O)[O-])c1)Nc1ccccc1C(=O)c1ccccc1. The van der Waals surface area contributed by atoms with Gasteiger partial charge in [0, 0.05) is 29.3 Å². The van der Waals surface area contributed by atoms with Gasteiger partial charge in [0.05, 0.1) is 10.6 Å². The number of nitrogens with one attached hydrogen (secondary N) is 1. The number of non-ortho nitro benzene ring substituents is 1. The third-order valence-electron chi connectivity index (χ3n) is 3.97. The van der Waals surface area contributed by atoms with Crippen LogP contribution in [0.15, 0.2) is 84.9 Å². The number of hydrogen-bond acceptors (Lipinski definition) is 4. The Kier molecular flexibility index (Phi) is 5.72. The number of carbonyl (C=O) groups excluding carboxylic acids is 2. The van der Waals surface area contributed by atoms with E-state index in [2.05, 4.69) is 5.32 Å². The Morgan fingerprint density at radius 2 is 1.61 bits per heavy atom. The van der Waals surface area contributed by atoms with E-state index in [1.54, 1.807) is 60.7 Å². The maximum absolute atomic E-state index is 12.7. The molecule has 3 rings (SSSR count). The largest absolute Gasteiger partial charge is 0.322 e. The van der Waals surface area contributed by atoms with Gasteiger partial charge in [0.25, 0.3) is 5.69 Å². The van der Waals surface area contributed by atoms with Crippen molar-refractivity contribution in [1.82, 2.24) is 0 Å². The fourth-order valence-corrected chi connectivity index (χ4v) is 2.62. The normalized spacial score (nSPS) is 10.6. The molecule has 3 aromatic carbocycles. The van der Waals surface area contributed by atoms with E-state index in [1.165, 1.54) is 24.3 Å². The molecule has 0 saturated carbocycles. The number of benzene rings is 3. The van der Waals surface area contributed by atoms with E-state index in [1.807, 2.05) is 6.07 Å². The number of para-hydroxylation sites is 1. The molecule has 0 aliphatic carbocycles. The molecule has 0 unspecified atom stereocenters. The number of nitro benzene ring substituents is 1. The van der Waals surface area contributed by atoms with Gasteiger partial charge in [-0.25, -0.2) is 0 Å². The predicted molar refractivity (Wildman–Crippen MR) is 107 cm³/mol. The molecular formula is C22H16N2O4. The van der Waals surface area contributed by atoms with Gasteiger partial charge in [-0.3, -0.25) is 19.7 Å². The number of ketones is 1. The summed E-state index contributed by atoms with van der Waals surface area (Å²) in [6.45, 7) is 0. The van der Waals surface area contributed by atoms with Gasteiger partial charge in [-0.1, -0.05) is 54.6 Å². The topological polar surface area (TPSA) is 89.3 Å². The van der Waals surface area contributed by atoms with Crippen molar-refractivity contribution in [3.05, 3.63) is 112 Å². The first-order valence-corrected chi connectivity index (χ1v) is 8.47. The lowest BCUT2D eigenvalue weighted by atomic mass is 10.0. The number of nitro groups is 1. The van der Waals surface area contributed by atoms with Crippen LogP contribution in [0.4, 0.5) is 11.4 Å². The van der Waals surface area contributed by atoms with E-state index in [0.717, 1.165) is 0 Å². The minimum absolute atomic E-state index is 0.0543. The quantitative estimate of drug-likeness (QED) is 0.299. The third kappa shape index (κ3) is 4.56. The van der Waals surface area contributed by atoms with Gasteiger partial charge in [0.1, 0.15) is 0 Å². The summed E-state index contributed by atoms with van der Waals surface area (Å²) >= 11 is 0. The number of carbonyl (C=O) groups is 2. The fourth-order valence-electron chi connectivity index (χ4n) is 2.62. The number of amides is 1. The molecule has 6 nitrogen and oxygen atoms in total. The van der Waals surface area contributed by atoms with Gasteiger partial charge in [0.15, 0.2) is 5.78 Å². The summed E-state index contributed by atoms with van der Waals surface area (Å²) in [6.07, 6.45) is 2.74. The standard InChI is InChI=1S/C22H16N2O4/c25-21(14-13-16-7-6-10-18(15-16)24(27)28)23-20-12-5-4-11-19(20)22(26)17-8-2-1-3-9-17/h1-15H,(H,23,25)/b14-13+. The highest BCUT2D eigenvalue weighted by atomic mass is 16.6. The molecule has 1 amide bonds. The highest BCUT2D eigenvalue weighted by Gasteiger charge is 2.14. The van der Waals surface area contributed by atoms with Crippen molar-refractivity contribution < 1.29 is 14.5 Å². The second kappa shape index (κ2) is 8.55. The smallest absolute Gasteiger partial charge is 0.270 e. The van der Waals surface area contributed by atoms with Gasteiger partial charge >= 0.3 is 0 Å². The molecule has 0 aliphatic rings. The monoisotopic (exact) mass is 372 g/mol. The van der Waals surface area contributed by atoms with Crippen LogP contribution < -0.4 is 5.32 Å². The molecule has 0 spiro atoms. The maximum atomic E-state index is 12.7. The molecule has 0 aliphatic heterocycles. The van der Waals surface area contributed by atoms with E-state index in [9.17, 15) is 19.7 Å². The molecule has 138 valence electrons. The average Bonchev–Trinajstić information content (AvgIpc) is 2.73. The molecular weight excluding hydrogens is 356 g/mol. The zero-order valence-corrected chi connectivity index (χ0v) is 14.7. The van der Waals surface area contributed by atoms with Crippen molar-refractivity contribution in [1.29, 1.82) is 0 Å². The van der Waals surface area contributed by atoms with Gasteiger partial charge < -0.3 is 5.32 Å². The minimum atomic E-state index is -0.497. The van der Waals surface area contributed by atoms with Crippen LogP contribution in [0.1, 0.15) is 21.5 Å². The Hall–Kier alpha value is -4.06. The Balaban J connectivity index is 1.77. The first-order chi connectivity index (χ1) is 13.5. The summed E-state index contributed by atoms with van der Waals surface area (Å²) < 4.78 is 0. The van der Waals surface area contributed by atoms with Gasteiger partial charge in [0.2, 0.25) is 5.91 Å². The second-order valence-corrected chi connectivity index (χ2v) is 5.92. The molecule has 0 bridgehead atoms. The summed E-state index contributed by atoms with van der Waals surface area (Å²) in [4.78, 5) is 35.3. The van der Waals surface area contributed by atoms with Crippen LogP contribution in [0.2, 0.25) is 0 Å². The van der Waals surface area contributed by atoms with Gasteiger partial charge in [-0.15, -0.1) is 0 Å². The van der Waals surface area contributed by atoms with Crippen molar-refractivity contribution in [3.63, 3.8) is 0 Å². The van der Waals surface area contributed by atoms with Gasteiger partial charge in [-0.2, -0.15) is 0 Å². The number of rotatable bonds is 6. The zero-order chi connectivity index (χ0) is 19.9. The molecule has 0 fully saturated rings. The first kappa shape index (κ1) is 18.7. The Morgan fingerprint density at radius 3 is 2.36 bits per heavy atom. The summed E-state index contributed by atoms with van der Waals surface area (Å²) in [5.41, 5.74) is 1.77. The highest BCUT2D eigenvalue weighted by molar-refractivity contribution is 6.14. The molecule has 0 heterocycles. The van der Waals surface area contributed by atoms with Crippen molar-refractivity contribution in [2.45, 2.75) is 0 Å². The van der Waals surface area contributed by atoms with Crippen molar-refractivity contribution >= 4 is 29.1 Å². The van der Waals surface area contributed by atoms with Crippen LogP contribution in [0, 0.1) is 10.1 Å². The summed E-state index contributed by atoms with van der Waals surface area (Å²) in [7, 11) is 0. The maximum Gasteiger partial charge on any atom is 0.270 e. The number of hydrogen-bond donors (Lipinski definition) is 1. The van der Waals surface area contributed by atoms with E-state index in [0.29, 0.717) is 22.4 Å². The van der Waals surface area contributed by atoms with Crippen LogP contribution in [0.5, 0.6) is 0 Å². The van der Waals surface area contributed by atoms with Crippen LogP contribution in [0.3, 0.4) is 0 Å². The lowest BCUT2D eigenvalue weighted by Gasteiger charge is -2.09. The second-order valence-electron chi connectivity index (χ2n) is 5.92. The van der Waals surface area contributed by atoms with Gasteiger partial charge in [-0.05, 0) is 23.8 Å². The average molecular weight is 372 g/mol.